The summed E-state index contributed by atoms with van der Waals surface area (Å²) < 4.78 is 0. The van der Waals surface area contributed by atoms with E-state index in [0.29, 0.717) is 13.0 Å². The van der Waals surface area contributed by atoms with E-state index in [1.165, 1.54) is 4.90 Å². The molecule has 27 heavy (non-hydrogen) atoms. The molecule has 8 nitrogen and oxygen atoms in total. The largest absolute Gasteiger partial charge is 0.331 e. The van der Waals surface area contributed by atoms with E-state index in [2.05, 4.69) is 10.7 Å². The number of β-lactam (4-membered cyclic amide) rings is 1. The topological polar surface area (TPSA) is 85.0 Å². The number of likely N-dealkylation sites (tertiary alicyclic amines) is 1. The summed E-state index contributed by atoms with van der Waals surface area (Å²) in [5.41, 5.74) is 4.82. The van der Waals surface area contributed by atoms with Crippen molar-refractivity contribution in [3.63, 3.8) is 0 Å². The molecule has 2 aliphatic rings. The molecule has 2 atom stereocenters. The van der Waals surface area contributed by atoms with Crippen molar-refractivity contribution in [2.45, 2.75) is 31.8 Å². The van der Waals surface area contributed by atoms with E-state index in [1.54, 1.807) is 12.1 Å². The summed E-state index contributed by atoms with van der Waals surface area (Å²) in [4.78, 5) is 40.0. The second-order valence-corrected chi connectivity index (χ2v) is 6.77. The van der Waals surface area contributed by atoms with Gasteiger partial charge in [-0.05, 0) is 12.0 Å². The highest BCUT2D eigenvalue weighted by atomic mass is 16.2. The van der Waals surface area contributed by atoms with Crippen LogP contribution in [0, 0.1) is 0 Å². The van der Waals surface area contributed by atoms with Gasteiger partial charge < -0.3 is 15.2 Å². The van der Waals surface area contributed by atoms with Gasteiger partial charge in [-0.2, -0.15) is 0 Å². The summed E-state index contributed by atoms with van der Waals surface area (Å²) in [6.07, 6.45) is 2.54. The van der Waals surface area contributed by atoms with Crippen molar-refractivity contribution in [3.8, 4) is 0 Å². The van der Waals surface area contributed by atoms with E-state index >= 15 is 0 Å². The number of rotatable bonds is 5. The van der Waals surface area contributed by atoms with E-state index in [4.69, 9.17) is 0 Å². The quantitative estimate of drug-likeness (QED) is 0.760. The standard InChI is InChI=1S/C19H25N5O3/c1-4-15(13-8-6-5-7-9-13)21-19(27)24-16(10-17(24)25)18(26)23(3)14-11-20-22(2)12-14/h5-9,12,15-16,20H,4,10-11H2,1-3H3,(H,21,27). The van der Waals surface area contributed by atoms with Gasteiger partial charge in [0.05, 0.1) is 24.7 Å². The third kappa shape index (κ3) is 3.80. The predicted molar refractivity (Wildman–Crippen MR) is 99.9 cm³/mol. The van der Waals surface area contributed by atoms with Crippen LogP contribution in [0.4, 0.5) is 4.79 Å². The van der Waals surface area contributed by atoms with Crippen LogP contribution in [-0.2, 0) is 9.59 Å². The third-order valence-electron chi connectivity index (χ3n) is 4.97. The number of likely N-dealkylation sites (N-methyl/N-ethyl adjacent to an activating group) is 1. The van der Waals surface area contributed by atoms with Gasteiger partial charge in [-0.3, -0.25) is 14.5 Å². The molecule has 0 aliphatic carbocycles. The summed E-state index contributed by atoms with van der Waals surface area (Å²) >= 11 is 0. The lowest BCUT2D eigenvalue weighted by Crippen LogP contribution is -2.64. The first-order valence-electron chi connectivity index (χ1n) is 9.04. The van der Waals surface area contributed by atoms with Gasteiger partial charge in [-0.15, -0.1) is 0 Å². The Hall–Kier alpha value is -2.87. The Morgan fingerprint density at radius 1 is 1.33 bits per heavy atom. The van der Waals surface area contributed by atoms with Crippen LogP contribution in [0.2, 0.25) is 0 Å². The van der Waals surface area contributed by atoms with Crippen molar-refractivity contribution < 1.29 is 14.4 Å². The maximum Gasteiger partial charge on any atom is 0.325 e. The fourth-order valence-corrected chi connectivity index (χ4v) is 3.28. The first-order valence-corrected chi connectivity index (χ1v) is 9.04. The molecule has 0 bridgehead atoms. The number of amides is 4. The number of carbonyl (C=O) groups excluding carboxylic acids is 3. The summed E-state index contributed by atoms with van der Waals surface area (Å²) in [6.45, 7) is 2.49. The number of carbonyl (C=O) groups is 3. The van der Waals surface area contributed by atoms with Gasteiger partial charge >= 0.3 is 6.03 Å². The smallest absolute Gasteiger partial charge is 0.325 e. The van der Waals surface area contributed by atoms with Crippen LogP contribution in [0.15, 0.2) is 42.2 Å². The van der Waals surface area contributed by atoms with E-state index in [-0.39, 0.29) is 24.3 Å². The zero-order valence-electron chi connectivity index (χ0n) is 15.8. The first kappa shape index (κ1) is 18.9. The Labute approximate surface area is 158 Å². The van der Waals surface area contributed by atoms with Crippen molar-refractivity contribution in [2.75, 3.05) is 20.6 Å². The number of hydrogen-bond acceptors (Lipinski definition) is 5. The molecule has 3 rings (SSSR count). The van der Waals surface area contributed by atoms with Gasteiger partial charge in [0.25, 0.3) is 0 Å². The van der Waals surface area contributed by atoms with E-state index in [1.807, 2.05) is 50.5 Å². The minimum atomic E-state index is -0.761. The monoisotopic (exact) mass is 371 g/mol. The molecule has 2 unspecified atom stereocenters. The molecular weight excluding hydrogens is 346 g/mol. The van der Waals surface area contributed by atoms with Gasteiger partial charge in [0.15, 0.2) is 0 Å². The molecule has 0 saturated carbocycles. The highest BCUT2D eigenvalue weighted by molar-refractivity contribution is 6.07. The number of nitrogens with one attached hydrogen (secondary N) is 2. The van der Waals surface area contributed by atoms with Gasteiger partial charge in [-0.1, -0.05) is 37.3 Å². The molecule has 144 valence electrons. The van der Waals surface area contributed by atoms with Crippen molar-refractivity contribution >= 4 is 17.8 Å². The number of hydrazine groups is 1. The Morgan fingerprint density at radius 3 is 2.59 bits per heavy atom. The third-order valence-corrected chi connectivity index (χ3v) is 4.97. The summed E-state index contributed by atoms with van der Waals surface area (Å²) in [5.74, 6) is -0.598. The minimum absolute atomic E-state index is 0.0509. The van der Waals surface area contributed by atoms with Crippen LogP contribution in [0.5, 0.6) is 0 Å². The molecule has 0 radical (unpaired) electrons. The zero-order chi connectivity index (χ0) is 19.6. The van der Waals surface area contributed by atoms with Crippen molar-refractivity contribution in [1.82, 2.24) is 25.6 Å². The normalized spacial score (nSPS) is 20.0. The number of hydrogen-bond donors (Lipinski definition) is 2. The molecule has 1 saturated heterocycles. The molecule has 2 aliphatic heterocycles. The predicted octanol–water partition coefficient (Wildman–Crippen LogP) is 1.20. The first-order chi connectivity index (χ1) is 12.9. The maximum atomic E-state index is 12.8. The van der Waals surface area contributed by atoms with Gasteiger partial charge in [-0.25, -0.2) is 10.2 Å². The molecular formula is C19H25N5O3. The molecule has 0 aromatic heterocycles. The number of benzene rings is 1. The molecule has 1 aromatic carbocycles. The van der Waals surface area contributed by atoms with Crippen LogP contribution < -0.4 is 10.7 Å². The fraction of sp³-hybridized carbons (Fsp3) is 0.421. The average molecular weight is 371 g/mol. The fourth-order valence-electron chi connectivity index (χ4n) is 3.28. The van der Waals surface area contributed by atoms with Gasteiger partial charge in [0.2, 0.25) is 11.8 Å². The summed E-state index contributed by atoms with van der Waals surface area (Å²) in [7, 11) is 3.50. The molecule has 1 aromatic rings. The average Bonchev–Trinajstić information content (AvgIpc) is 3.09. The maximum absolute atomic E-state index is 12.8. The molecule has 2 N–H and O–H groups in total. The molecule has 1 fully saturated rings. The lowest BCUT2D eigenvalue weighted by molar-refractivity contribution is -0.152. The molecule has 4 amide bonds. The molecule has 2 heterocycles. The Kier molecular flexibility index (Phi) is 5.46. The lowest BCUT2D eigenvalue weighted by atomic mass is 10.00. The van der Waals surface area contributed by atoms with Crippen molar-refractivity contribution in [2.24, 2.45) is 0 Å². The number of urea groups is 1. The van der Waals surface area contributed by atoms with Crippen LogP contribution >= 0.6 is 0 Å². The second kappa shape index (κ2) is 7.79. The van der Waals surface area contributed by atoms with Gasteiger partial charge in [0, 0.05) is 20.3 Å². The van der Waals surface area contributed by atoms with E-state index < -0.39 is 12.1 Å². The lowest BCUT2D eigenvalue weighted by Gasteiger charge is -2.39. The molecule has 8 heteroatoms. The highest BCUT2D eigenvalue weighted by Gasteiger charge is 2.47. The number of imide groups is 1. The SMILES string of the molecule is CCC(NC(=O)N1C(=O)CC1C(=O)N(C)C1=CN(C)NC1)c1ccccc1. The highest BCUT2D eigenvalue weighted by Crippen LogP contribution is 2.25. The van der Waals surface area contributed by atoms with Crippen molar-refractivity contribution in [1.29, 1.82) is 0 Å². The number of nitrogens with zero attached hydrogens (tertiary/aromatic N) is 3. The van der Waals surface area contributed by atoms with Gasteiger partial charge in [0.1, 0.15) is 6.04 Å². The van der Waals surface area contributed by atoms with Crippen LogP contribution in [-0.4, -0.2) is 59.3 Å². The van der Waals surface area contributed by atoms with Crippen molar-refractivity contribution in [3.05, 3.63) is 47.8 Å². The van der Waals surface area contributed by atoms with Crippen LogP contribution in [0.1, 0.15) is 31.4 Å². The van der Waals surface area contributed by atoms with Crippen LogP contribution in [0.25, 0.3) is 0 Å². The Bertz CT molecular complexity index is 764. The van der Waals surface area contributed by atoms with E-state index in [9.17, 15) is 14.4 Å². The van der Waals surface area contributed by atoms with E-state index in [0.717, 1.165) is 16.2 Å². The second-order valence-electron chi connectivity index (χ2n) is 6.77. The Morgan fingerprint density at radius 2 is 2.04 bits per heavy atom. The molecule has 0 spiro atoms. The van der Waals surface area contributed by atoms with Crippen LogP contribution in [0.3, 0.4) is 0 Å². The Balaban J connectivity index is 1.67. The minimum Gasteiger partial charge on any atom is -0.331 e. The summed E-state index contributed by atoms with van der Waals surface area (Å²) in [6, 6.07) is 8.08. The zero-order valence-corrected chi connectivity index (χ0v) is 15.8. The summed E-state index contributed by atoms with van der Waals surface area (Å²) in [5, 5.41) is 4.64.